The van der Waals surface area contributed by atoms with Crippen molar-refractivity contribution >= 4 is 23.1 Å². The average molecular weight is 286 g/mol. The molecule has 2 aromatic carbocycles. The fourth-order valence-corrected chi connectivity index (χ4v) is 2.60. The number of anilines is 2. The largest absolute Gasteiger partial charge is 0.377 e. The van der Waals surface area contributed by atoms with Crippen molar-refractivity contribution < 1.29 is 0 Å². The Labute approximate surface area is 126 Å². The SMILES string of the molecule is CSc1ccc(C(C)Nc2ccccc2N(C)C)cc1. The number of hydrogen-bond donors (Lipinski definition) is 1. The molecule has 0 aliphatic heterocycles. The molecule has 0 saturated heterocycles. The predicted octanol–water partition coefficient (Wildman–Crippen LogP) is 4.65. The third kappa shape index (κ3) is 3.48. The highest BCUT2D eigenvalue weighted by Gasteiger charge is 2.09. The molecule has 0 aliphatic carbocycles. The molecule has 2 nitrogen and oxygen atoms in total. The number of hydrogen-bond acceptors (Lipinski definition) is 3. The van der Waals surface area contributed by atoms with Crippen LogP contribution in [0.3, 0.4) is 0 Å². The lowest BCUT2D eigenvalue weighted by Crippen LogP contribution is -2.14. The fourth-order valence-electron chi connectivity index (χ4n) is 2.19. The highest BCUT2D eigenvalue weighted by Crippen LogP contribution is 2.28. The van der Waals surface area contributed by atoms with Crippen LogP contribution >= 0.6 is 11.8 Å². The maximum atomic E-state index is 3.60. The van der Waals surface area contributed by atoms with E-state index >= 15 is 0 Å². The summed E-state index contributed by atoms with van der Waals surface area (Å²) >= 11 is 1.77. The van der Waals surface area contributed by atoms with Crippen molar-refractivity contribution in [3.8, 4) is 0 Å². The number of thioether (sulfide) groups is 1. The molecule has 0 amide bonds. The standard InChI is InChI=1S/C17H22N2S/c1-13(14-9-11-15(20-4)12-10-14)18-16-7-5-6-8-17(16)19(2)3/h5-13,18H,1-4H3. The quantitative estimate of drug-likeness (QED) is 0.806. The van der Waals surface area contributed by atoms with Gasteiger partial charge in [-0.05, 0) is 43.0 Å². The monoisotopic (exact) mass is 286 g/mol. The minimum Gasteiger partial charge on any atom is -0.377 e. The van der Waals surface area contributed by atoms with Crippen molar-refractivity contribution in [3.63, 3.8) is 0 Å². The van der Waals surface area contributed by atoms with Crippen molar-refractivity contribution in [3.05, 3.63) is 54.1 Å². The van der Waals surface area contributed by atoms with Gasteiger partial charge in [-0.1, -0.05) is 24.3 Å². The highest BCUT2D eigenvalue weighted by molar-refractivity contribution is 7.98. The first-order valence-corrected chi connectivity index (χ1v) is 8.01. The first-order valence-electron chi connectivity index (χ1n) is 6.78. The molecule has 0 saturated carbocycles. The lowest BCUT2D eigenvalue weighted by Gasteiger charge is -2.22. The van der Waals surface area contributed by atoms with E-state index in [1.807, 2.05) is 0 Å². The molecule has 3 heteroatoms. The summed E-state index contributed by atoms with van der Waals surface area (Å²) in [6.45, 7) is 2.19. The summed E-state index contributed by atoms with van der Waals surface area (Å²) in [6, 6.07) is 17.4. The molecular formula is C17H22N2S. The lowest BCUT2D eigenvalue weighted by molar-refractivity contribution is 0.881. The van der Waals surface area contributed by atoms with Crippen molar-refractivity contribution in [2.24, 2.45) is 0 Å². The molecular weight excluding hydrogens is 264 g/mol. The van der Waals surface area contributed by atoms with Crippen LogP contribution < -0.4 is 10.2 Å². The van der Waals surface area contributed by atoms with Gasteiger partial charge in [0.05, 0.1) is 11.4 Å². The molecule has 106 valence electrons. The van der Waals surface area contributed by atoms with E-state index in [-0.39, 0.29) is 6.04 Å². The van der Waals surface area contributed by atoms with Crippen LogP contribution in [0.4, 0.5) is 11.4 Å². The Morgan fingerprint density at radius 3 is 2.25 bits per heavy atom. The minimum absolute atomic E-state index is 0.284. The topological polar surface area (TPSA) is 15.3 Å². The van der Waals surface area contributed by atoms with Crippen LogP contribution in [0.15, 0.2) is 53.4 Å². The zero-order valence-electron chi connectivity index (χ0n) is 12.6. The molecule has 0 aliphatic rings. The number of nitrogens with zero attached hydrogens (tertiary/aromatic N) is 1. The highest BCUT2D eigenvalue weighted by atomic mass is 32.2. The molecule has 0 bridgehead atoms. The minimum atomic E-state index is 0.284. The Morgan fingerprint density at radius 2 is 1.65 bits per heavy atom. The van der Waals surface area contributed by atoms with Crippen LogP contribution in [0.2, 0.25) is 0 Å². The van der Waals surface area contributed by atoms with Gasteiger partial charge in [0.25, 0.3) is 0 Å². The van der Waals surface area contributed by atoms with Gasteiger partial charge in [0.1, 0.15) is 0 Å². The fraction of sp³-hybridized carbons (Fsp3) is 0.294. The van der Waals surface area contributed by atoms with Crippen molar-refractivity contribution in [1.82, 2.24) is 0 Å². The Morgan fingerprint density at radius 1 is 1.00 bits per heavy atom. The summed E-state index contributed by atoms with van der Waals surface area (Å²) in [6.07, 6.45) is 2.10. The molecule has 0 heterocycles. The summed E-state index contributed by atoms with van der Waals surface area (Å²) in [5.74, 6) is 0. The zero-order valence-corrected chi connectivity index (χ0v) is 13.4. The van der Waals surface area contributed by atoms with E-state index in [1.54, 1.807) is 11.8 Å². The van der Waals surface area contributed by atoms with Crippen molar-refractivity contribution in [2.75, 3.05) is 30.6 Å². The third-order valence-electron chi connectivity index (χ3n) is 3.37. The molecule has 0 radical (unpaired) electrons. The molecule has 2 aromatic rings. The van der Waals surface area contributed by atoms with E-state index in [2.05, 4.69) is 86.0 Å². The van der Waals surface area contributed by atoms with E-state index in [0.29, 0.717) is 0 Å². The van der Waals surface area contributed by atoms with Gasteiger partial charge < -0.3 is 10.2 Å². The van der Waals surface area contributed by atoms with Gasteiger partial charge in [-0.3, -0.25) is 0 Å². The van der Waals surface area contributed by atoms with Gasteiger partial charge in [-0.15, -0.1) is 11.8 Å². The molecule has 0 spiro atoms. The first-order chi connectivity index (χ1) is 9.61. The van der Waals surface area contributed by atoms with Crippen LogP contribution in [-0.2, 0) is 0 Å². The smallest absolute Gasteiger partial charge is 0.0596 e. The number of para-hydroxylation sites is 2. The molecule has 1 unspecified atom stereocenters. The summed E-state index contributed by atoms with van der Waals surface area (Å²) in [5.41, 5.74) is 3.68. The van der Waals surface area contributed by atoms with Crippen molar-refractivity contribution in [2.45, 2.75) is 17.9 Å². The third-order valence-corrected chi connectivity index (χ3v) is 4.12. The maximum Gasteiger partial charge on any atom is 0.0596 e. The van der Waals surface area contributed by atoms with Gasteiger partial charge in [0.15, 0.2) is 0 Å². The molecule has 0 fully saturated rings. The average Bonchev–Trinajstić information content (AvgIpc) is 2.47. The second-order valence-electron chi connectivity index (χ2n) is 5.05. The van der Waals surface area contributed by atoms with Crippen LogP contribution in [-0.4, -0.2) is 20.4 Å². The molecule has 2 rings (SSSR count). The predicted molar refractivity (Wildman–Crippen MR) is 91.0 cm³/mol. The first kappa shape index (κ1) is 14.8. The van der Waals surface area contributed by atoms with Crippen LogP contribution in [0.1, 0.15) is 18.5 Å². The number of benzene rings is 2. The Hall–Kier alpha value is -1.61. The van der Waals surface area contributed by atoms with Gasteiger partial charge in [-0.25, -0.2) is 0 Å². The molecule has 1 N–H and O–H groups in total. The maximum absolute atomic E-state index is 3.60. The Kier molecular flexibility index (Phi) is 4.96. The Balaban J connectivity index is 2.16. The van der Waals surface area contributed by atoms with Gasteiger partial charge in [-0.2, -0.15) is 0 Å². The second kappa shape index (κ2) is 6.71. The van der Waals surface area contributed by atoms with Crippen LogP contribution in [0.25, 0.3) is 0 Å². The van der Waals surface area contributed by atoms with Crippen LogP contribution in [0, 0.1) is 0 Å². The van der Waals surface area contributed by atoms with E-state index in [9.17, 15) is 0 Å². The lowest BCUT2D eigenvalue weighted by atomic mass is 10.1. The van der Waals surface area contributed by atoms with Gasteiger partial charge >= 0.3 is 0 Å². The van der Waals surface area contributed by atoms with E-state index in [4.69, 9.17) is 0 Å². The number of nitrogens with one attached hydrogen (secondary N) is 1. The van der Waals surface area contributed by atoms with Gasteiger partial charge in [0.2, 0.25) is 0 Å². The summed E-state index contributed by atoms with van der Waals surface area (Å²) in [7, 11) is 4.14. The summed E-state index contributed by atoms with van der Waals surface area (Å²) in [4.78, 5) is 3.43. The van der Waals surface area contributed by atoms with E-state index in [0.717, 1.165) is 0 Å². The normalized spacial score (nSPS) is 12.0. The van der Waals surface area contributed by atoms with E-state index in [1.165, 1.54) is 21.8 Å². The molecule has 0 aromatic heterocycles. The number of rotatable bonds is 5. The van der Waals surface area contributed by atoms with Crippen LogP contribution in [0.5, 0.6) is 0 Å². The van der Waals surface area contributed by atoms with E-state index < -0.39 is 0 Å². The molecule has 1 atom stereocenters. The molecule has 20 heavy (non-hydrogen) atoms. The summed E-state index contributed by atoms with van der Waals surface area (Å²) in [5, 5.41) is 3.60. The second-order valence-corrected chi connectivity index (χ2v) is 5.93. The Bertz CT molecular complexity index is 549. The summed E-state index contributed by atoms with van der Waals surface area (Å²) < 4.78 is 0. The zero-order chi connectivity index (χ0) is 14.5. The van der Waals surface area contributed by atoms with Gasteiger partial charge in [0, 0.05) is 25.0 Å². The van der Waals surface area contributed by atoms with Crippen molar-refractivity contribution in [1.29, 1.82) is 0 Å².